The monoisotopic (exact) mass is 290 g/mol. The van der Waals surface area contributed by atoms with Crippen LogP contribution in [0.5, 0.6) is 0 Å². The molecule has 0 saturated carbocycles. The van der Waals surface area contributed by atoms with Crippen molar-refractivity contribution >= 4 is 0 Å². The number of nitrogens with one attached hydrogen (secondary N) is 1. The highest BCUT2D eigenvalue weighted by Gasteiger charge is 2.12. The highest BCUT2D eigenvalue weighted by atomic mass is 15.1. The molecule has 0 aliphatic carbocycles. The first-order valence-corrected chi connectivity index (χ1v) is 8.47. The molecule has 0 spiro atoms. The molecule has 0 aromatic heterocycles. The average molecular weight is 290 g/mol. The quantitative estimate of drug-likeness (QED) is 0.731. The van der Waals surface area contributed by atoms with Crippen molar-refractivity contribution in [3.05, 3.63) is 35.4 Å². The summed E-state index contributed by atoms with van der Waals surface area (Å²) in [6.07, 6.45) is 0. The third kappa shape index (κ3) is 6.62. The van der Waals surface area contributed by atoms with Crippen molar-refractivity contribution < 1.29 is 0 Å². The first kappa shape index (κ1) is 18.2. The molecule has 0 fully saturated rings. The van der Waals surface area contributed by atoms with Crippen LogP contribution in [-0.4, -0.2) is 30.6 Å². The Labute approximate surface area is 131 Å². The molecular weight excluding hydrogens is 256 g/mol. The lowest BCUT2D eigenvalue weighted by Crippen LogP contribution is -2.33. The second-order valence-corrected chi connectivity index (χ2v) is 6.87. The fourth-order valence-corrected chi connectivity index (χ4v) is 2.59. The summed E-state index contributed by atoms with van der Waals surface area (Å²) in [6, 6.07) is 9.79. The van der Waals surface area contributed by atoms with Crippen LogP contribution in [-0.2, 0) is 6.54 Å². The molecule has 1 N–H and O–H groups in total. The Bertz CT molecular complexity index is 381. The van der Waals surface area contributed by atoms with Gasteiger partial charge in [0.05, 0.1) is 0 Å². The Balaban J connectivity index is 2.64. The van der Waals surface area contributed by atoms with Crippen LogP contribution in [0.15, 0.2) is 24.3 Å². The summed E-state index contributed by atoms with van der Waals surface area (Å²) in [5, 5.41) is 3.42. The molecule has 0 amide bonds. The van der Waals surface area contributed by atoms with E-state index >= 15 is 0 Å². The van der Waals surface area contributed by atoms with E-state index in [1.165, 1.54) is 11.1 Å². The van der Waals surface area contributed by atoms with Gasteiger partial charge >= 0.3 is 0 Å². The second-order valence-electron chi connectivity index (χ2n) is 6.87. The van der Waals surface area contributed by atoms with Gasteiger partial charge in [-0.2, -0.15) is 0 Å². The summed E-state index contributed by atoms with van der Waals surface area (Å²) in [5.74, 6) is 1.29. The van der Waals surface area contributed by atoms with E-state index in [1.54, 1.807) is 0 Å². The van der Waals surface area contributed by atoms with Gasteiger partial charge in [-0.15, -0.1) is 0 Å². The number of hydrogen-bond acceptors (Lipinski definition) is 2. The number of hydrogen-bond donors (Lipinski definition) is 1. The number of nitrogens with zero attached hydrogens (tertiary/aromatic N) is 1. The highest BCUT2D eigenvalue weighted by molar-refractivity contribution is 5.25. The van der Waals surface area contributed by atoms with E-state index in [0.717, 1.165) is 26.2 Å². The van der Waals surface area contributed by atoms with Crippen LogP contribution < -0.4 is 5.32 Å². The van der Waals surface area contributed by atoms with Gasteiger partial charge in [0, 0.05) is 25.7 Å². The summed E-state index contributed by atoms with van der Waals surface area (Å²) in [6.45, 7) is 17.9. The molecule has 0 heterocycles. The molecule has 1 aromatic rings. The minimum Gasteiger partial charge on any atom is -0.316 e. The van der Waals surface area contributed by atoms with Crippen LogP contribution in [0.2, 0.25) is 0 Å². The van der Waals surface area contributed by atoms with E-state index in [4.69, 9.17) is 0 Å². The predicted octanol–water partition coefficient (Wildman–Crippen LogP) is 4.27. The zero-order valence-electron chi connectivity index (χ0n) is 14.8. The summed E-state index contributed by atoms with van der Waals surface area (Å²) >= 11 is 0. The molecule has 0 aliphatic heterocycles. The van der Waals surface area contributed by atoms with Crippen LogP contribution in [0, 0.1) is 5.92 Å². The Hall–Kier alpha value is -0.860. The van der Waals surface area contributed by atoms with Gasteiger partial charge in [-0.3, -0.25) is 4.90 Å². The van der Waals surface area contributed by atoms with Gasteiger partial charge in [-0.1, -0.05) is 52.0 Å². The normalized spacial score (nSPS) is 13.4. The van der Waals surface area contributed by atoms with Crippen molar-refractivity contribution in [1.82, 2.24) is 10.2 Å². The van der Waals surface area contributed by atoms with Crippen molar-refractivity contribution in [2.24, 2.45) is 5.92 Å². The first-order valence-electron chi connectivity index (χ1n) is 8.47. The lowest BCUT2D eigenvalue weighted by molar-refractivity contribution is 0.189. The van der Waals surface area contributed by atoms with Gasteiger partial charge in [-0.05, 0) is 43.4 Å². The molecule has 1 atom stereocenters. The fraction of sp³-hybridized carbons (Fsp3) is 0.684. The summed E-state index contributed by atoms with van der Waals surface area (Å²) in [4.78, 5) is 2.56. The van der Waals surface area contributed by atoms with Crippen molar-refractivity contribution in [2.75, 3.05) is 19.6 Å². The van der Waals surface area contributed by atoms with E-state index in [0.29, 0.717) is 17.9 Å². The zero-order chi connectivity index (χ0) is 15.8. The van der Waals surface area contributed by atoms with Gasteiger partial charge in [0.25, 0.3) is 0 Å². The van der Waals surface area contributed by atoms with E-state index in [9.17, 15) is 0 Å². The number of benzene rings is 1. The largest absolute Gasteiger partial charge is 0.316 e. The first-order chi connectivity index (χ1) is 9.93. The minimum atomic E-state index is 0.580. The van der Waals surface area contributed by atoms with Crippen LogP contribution in [0.3, 0.4) is 0 Å². The van der Waals surface area contributed by atoms with Crippen molar-refractivity contribution in [2.45, 2.75) is 60.0 Å². The summed E-state index contributed by atoms with van der Waals surface area (Å²) < 4.78 is 0. The SMILES string of the molecule is CCNCC(C)c1ccc(CN(CC(C)C)C(C)C)cc1. The third-order valence-electron chi connectivity index (χ3n) is 3.96. The molecule has 2 nitrogen and oxygen atoms in total. The standard InChI is InChI=1S/C19H34N2/c1-7-20-12-17(6)19-10-8-18(9-11-19)14-21(16(4)5)13-15(2)3/h8-11,15-17,20H,7,12-14H2,1-6H3. The van der Waals surface area contributed by atoms with E-state index in [2.05, 4.69) is 76.0 Å². The Morgan fingerprint density at radius 1 is 1.00 bits per heavy atom. The zero-order valence-corrected chi connectivity index (χ0v) is 14.8. The Morgan fingerprint density at radius 2 is 1.62 bits per heavy atom. The average Bonchev–Trinajstić information content (AvgIpc) is 2.44. The summed E-state index contributed by atoms with van der Waals surface area (Å²) in [7, 11) is 0. The molecule has 21 heavy (non-hydrogen) atoms. The predicted molar refractivity (Wildman–Crippen MR) is 93.8 cm³/mol. The van der Waals surface area contributed by atoms with Crippen LogP contribution in [0.25, 0.3) is 0 Å². The molecule has 120 valence electrons. The van der Waals surface area contributed by atoms with Crippen molar-refractivity contribution in [1.29, 1.82) is 0 Å². The van der Waals surface area contributed by atoms with E-state index in [1.807, 2.05) is 0 Å². The second kappa shape index (κ2) is 9.22. The Kier molecular flexibility index (Phi) is 7.98. The van der Waals surface area contributed by atoms with Gasteiger partial charge in [0.1, 0.15) is 0 Å². The maximum atomic E-state index is 3.42. The topological polar surface area (TPSA) is 15.3 Å². The highest BCUT2D eigenvalue weighted by Crippen LogP contribution is 2.17. The maximum Gasteiger partial charge on any atom is 0.0236 e. The molecule has 0 radical (unpaired) electrons. The molecular formula is C19H34N2. The molecule has 0 bridgehead atoms. The third-order valence-corrected chi connectivity index (χ3v) is 3.96. The molecule has 0 aliphatic rings. The van der Waals surface area contributed by atoms with Gasteiger partial charge in [0.15, 0.2) is 0 Å². The van der Waals surface area contributed by atoms with Crippen molar-refractivity contribution in [3.8, 4) is 0 Å². The smallest absolute Gasteiger partial charge is 0.0236 e. The molecule has 0 saturated heterocycles. The molecule has 1 rings (SSSR count). The van der Waals surface area contributed by atoms with Crippen LogP contribution >= 0.6 is 0 Å². The number of rotatable bonds is 9. The van der Waals surface area contributed by atoms with Gasteiger partial charge < -0.3 is 5.32 Å². The van der Waals surface area contributed by atoms with E-state index < -0.39 is 0 Å². The summed E-state index contributed by atoms with van der Waals surface area (Å²) in [5.41, 5.74) is 2.85. The van der Waals surface area contributed by atoms with Gasteiger partial charge in [-0.25, -0.2) is 0 Å². The van der Waals surface area contributed by atoms with Gasteiger partial charge in [0.2, 0.25) is 0 Å². The lowest BCUT2D eigenvalue weighted by Gasteiger charge is -2.28. The Morgan fingerprint density at radius 3 is 2.10 bits per heavy atom. The molecule has 1 aromatic carbocycles. The fourth-order valence-electron chi connectivity index (χ4n) is 2.59. The van der Waals surface area contributed by atoms with Crippen molar-refractivity contribution in [3.63, 3.8) is 0 Å². The van der Waals surface area contributed by atoms with Crippen LogP contribution in [0.4, 0.5) is 0 Å². The molecule has 2 heteroatoms. The lowest BCUT2D eigenvalue weighted by atomic mass is 9.99. The molecule has 1 unspecified atom stereocenters. The maximum absolute atomic E-state index is 3.42. The van der Waals surface area contributed by atoms with E-state index in [-0.39, 0.29) is 0 Å². The van der Waals surface area contributed by atoms with Crippen LogP contribution in [0.1, 0.15) is 58.6 Å². The number of likely N-dealkylation sites (N-methyl/N-ethyl adjacent to an activating group) is 1. The minimum absolute atomic E-state index is 0.580.